The summed E-state index contributed by atoms with van der Waals surface area (Å²) in [6.45, 7) is 4.68. The van der Waals surface area contributed by atoms with Gasteiger partial charge >= 0.3 is 5.97 Å². The van der Waals surface area contributed by atoms with E-state index in [-0.39, 0.29) is 5.70 Å². The first-order valence-corrected chi connectivity index (χ1v) is 11.4. The number of esters is 1. The number of hydrogen-bond acceptors (Lipinski definition) is 5. The molecule has 0 saturated carbocycles. The molecule has 1 aliphatic rings. The molecule has 1 heterocycles. The Hall–Kier alpha value is -3.38. The van der Waals surface area contributed by atoms with Crippen LogP contribution in [0.5, 0.6) is 11.5 Å². The number of carbonyl (C=O) groups is 1. The first kappa shape index (κ1) is 22.8. The zero-order valence-corrected chi connectivity index (χ0v) is 20.3. The standard InChI is InChI=1S/C27H24BrNO4/c1-17(2)20-7-9-21(10-8-20)26-29-23(27(30)33-26)14-19-6-13-24(25(15-19)31-3)32-16-18-4-11-22(28)12-5-18/h4-15,17H,16H2,1-3H3/b23-14-. The van der Waals surface area contributed by atoms with Gasteiger partial charge in [0.25, 0.3) is 0 Å². The normalized spacial score (nSPS) is 14.4. The largest absolute Gasteiger partial charge is 0.493 e. The molecule has 0 aromatic heterocycles. The molecule has 0 amide bonds. The van der Waals surface area contributed by atoms with Crippen molar-refractivity contribution in [1.82, 2.24) is 0 Å². The van der Waals surface area contributed by atoms with Crippen LogP contribution in [0.1, 0.15) is 42.0 Å². The Morgan fingerprint density at radius 3 is 2.39 bits per heavy atom. The van der Waals surface area contributed by atoms with Gasteiger partial charge in [0.1, 0.15) is 6.61 Å². The quantitative estimate of drug-likeness (QED) is 0.271. The van der Waals surface area contributed by atoms with E-state index in [1.165, 1.54) is 5.56 Å². The van der Waals surface area contributed by atoms with E-state index in [9.17, 15) is 4.79 Å². The predicted molar refractivity (Wildman–Crippen MR) is 133 cm³/mol. The Bertz CT molecular complexity index is 1210. The first-order chi connectivity index (χ1) is 15.9. The molecule has 3 aromatic rings. The topological polar surface area (TPSA) is 57.1 Å². The lowest BCUT2D eigenvalue weighted by atomic mass is 10.0. The van der Waals surface area contributed by atoms with E-state index in [2.05, 4.69) is 34.8 Å². The van der Waals surface area contributed by atoms with Crippen LogP contribution in [0.3, 0.4) is 0 Å². The van der Waals surface area contributed by atoms with Gasteiger partial charge < -0.3 is 14.2 Å². The molecule has 168 valence electrons. The van der Waals surface area contributed by atoms with Crippen LogP contribution >= 0.6 is 15.9 Å². The van der Waals surface area contributed by atoms with Crippen LogP contribution in [0, 0.1) is 0 Å². The molecule has 33 heavy (non-hydrogen) atoms. The fraction of sp³-hybridized carbons (Fsp3) is 0.185. The minimum absolute atomic E-state index is 0.239. The summed E-state index contributed by atoms with van der Waals surface area (Å²) in [6, 6.07) is 21.3. The summed E-state index contributed by atoms with van der Waals surface area (Å²) < 4.78 is 17.8. The molecular weight excluding hydrogens is 482 g/mol. The molecule has 0 unspecified atom stereocenters. The Kier molecular flexibility index (Phi) is 6.94. The van der Waals surface area contributed by atoms with Crippen molar-refractivity contribution in [2.75, 3.05) is 7.11 Å². The third-order valence-corrected chi connectivity index (χ3v) is 5.77. The number of hydrogen-bond donors (Lipinski definition) is 0. The Labute approximate surface area is 201 Å². The molecule has 4 rings (SSSR count). The molecule has 5 nitrogen and oxygen atoms in total. The van der Waals surface area contributed by atoms with E-state index in [1.54, 1.807) is 13.2 Å². The van der Waals surface area contributed by atoms with Crippen LogP contribution in [-0.4, -0.2) is 19.0 Å². The summed E-state index contributed by atoms with van der Waals surface area (Å²) in [5.74, 6) is 1.45. The highest BCUT2D eigenvalue weighted by atomic mass is 79.9. The van der Waals surface area contributed by atoms with Crippen LogP contribution < -0.4 is 9.47 Å². The Balaban J connectivity index is 1.51. The van der Waals surface area contributed by atoms with Gasteiger partial charge in [-0.1, -0.05) is 60.1 Å². The lowest BCUT2D eigenvalue weighted by Crippen LogP contribution is -2.05. The Morgan fingerprint density at radius 2 is 1.73 bits per heavy atom. The summed E-state index contributed by atoms with van der Waals surface area (Å²) >= 11 is 3.43. The number of nitrogens with zero attached hydrogens (tertiary/aromatic N) is 1. The molecular formula is C27H24BrNO4. The zero-order valence-electron chi connectivity index (χ0n) is 18.7. The lowest BCUT2D eigenvalue weighted by molar-refractivity contribution is -0.129. The van der Waals surface area contributed by atoms with Gasteiger partial charge in [0.2, 0.25) is 5.90 Å². The molecule has 0 radical (unpaired) electrons. The number of cyclic esters (lactones) is 1. The van der Waals surface area contributed by atoms with Crippen molar-refractivity contribution in [3.05, 3.63) is 99.2 Å². The number of methoxy groups -OCH3 is 1. The molecule has 6 heteroatoms. The fourth-order valence-electron chi connectivity index (χ4n) is 3.34. The van der Waals surface area contributed by atoms with E-state index in [4.69, 9.17) is 14.2 Å². The number of halogens is 1. The highest BCUT2D eigenvalue weighted by Gasteiger charge is 2.24. The fourth-order valence-corrected chi connectivity index (χ4v) is 3.60. The molecule has 0 atom stereocenters. The first-order valence-electron chi connectivity index (χ1n) is 10.6. The summed E-state index contributed by atoms with van der Waals surface area (Å²) in [5, 5.41) is 0. The van der Waals surface area contributed by atoms with Crippen molar-refractivity contribution in [3.8, 4) is 11.5 Å². The van der Waals surface area contributed by atoms with Crippen molar-refractivity contribution in [1.29, 1.82) is 0 Å². The number of aliphatic imine (C=N–C) groups is 1. The van der Waals surface area contributed by atoms with E-state index in [0.717, 1.165) is 21.2 Å². The molecule has 0 spiro atoms. The van der Waals surface area contributed by atoms with E-state index >= 15 is 0 Å². The van der Waals surface area contributed by atoms with Crippen molar-refractivity contribution < 1.29 is 19.0 Å². The molecule has 0 saturated heterocycles. The monoisotopic (exact) mass is 505 g/mol. The summed E-state index contributed by atoms with van der Waals surface area (Å²) in [6.07, 6.45) is 1.68. The maximum absolute atomic E-state index is 12.4. The van der Waals surface area contributed by atoms with Gasteiger partial charge in [0.15, 0.2) is 17.2 Å². The number of carbonyl (C=O) groups excluding carboxylic acids is 1. The molecule has 0 N–H and O–H groups in total. The van der Waals surface area contributed by atoms with Gasteiger partial charge in [0.05, 0.1) is 7.11 Å². The predicted octanol–water partition coefficient (Wildman–Crippen LogP) is 6.50. The van der Waals surface area contributed by atoms with Gasteiger partial charge in [-0.05, 0) is 65.1 Å². The summed E-state index contributed by atoms with van der Waals surface area (Å²) in [4.78, 5) is 16.8. The van der Waals surface area contributed by atoms with Crippen molar-refractivity contribution in [2.24, 2.45) is 4.99 Å². The second kappa shape index (κ2) is 10.0. The third kappa shape index (κ3) is 5.52. The van der Waals surface area contributed by atoms with Gasteiger partial charge in [-0.2, -0.15) is 0 Å². The van der Waals surface area contributed by atoms with E-state index < -0.39 is 5.97 Å². The smallest absolute Gasteiger partial charge is 0.363 e. The summed E-state index contributed by atoms with van der Waals surface area (Å²) in [5.41, 5.74) is 4.03. The lowest BCUT2D eigenvalue weighted by Gasteiger charge is -2.11. The van der Waals surface area contributed by atoms with Crippen LogP contribution in [0.2, 0.25) is 0 Å². The highest BCUT2D eigenvalue weighted by molar-refractivity contribution is 9.10. The van der Waals surface area contributed by atoms with Gasteiger partial charge in [0, 0.05) is 10.0 Å². The average molecular weight is 506 g/mol. The van der Waals surface area contributed by atoms with Crippen LogP contribution in [0.4, 0.5) is 0 Å². The van der Waals surface area contributed by atoms with Gasteiger partial charge in [-0.3, -0.25) is 0 Å². The minimum Gasteiger partial charge on any atom is -0.493 e. The second-order valence-electron chi connectivity index (χ2n) is 7.94. The molecule has 0 aliphatic carbocycles. The van der Waals surface area contributed by atoms with Crippen LogP contribution in [-0.2, 0) is 16.1 Å². The van der Waals surface area contributed by atoms with Gasteiger partial charge in [-0.15, -0.1) is 0 Å². The summed E-state index contributed by atoms with van der Waals surface area (Å²) in [7, 11) is 1.58. The minimum atomic E-state index is -0.479. The molecule has 0 fully saturated rings. The number of rotatable bonds is 7. The Morgan fingerprint density at radius 1 is 1.00 bits per heavy atom. The molecule has 0 bridgehead atoms. The van der Waals surface area contributed by atoms with Gasteiger partial charge in [-0.25, -0.2) is 9.79 Å². The molecule has 3 aromatic carbocycles. The maximum atomic E-state index is 12.4. The average Bonchev–Trinajstić information content (AvgIpc) is 3.19. The second-order valence-corrected chi connectivity index (χ2v) is 8.85. The number of benzene rings is 3. The SMILES string of the molecule is COc1cc(/C=C2\N=C(c3ccc(C(C)C)cc3)OC2=O)ccc1OCc1ccc(Br)cc1. The maximum Gasteiger partial charge on any atom is 0.363 e. The van der Waals surface area contributed by atoms with E-state index in [0.29, 0.717) is 29.9 Å². The number of ether oxygens (including phenoxy) is 3. The molecule has 1 aliphatic heterocycles. The van der Waals surface area contributed by atoms with E-state index in [1.807, 2.05) is 66.7 Å². The zero-order chi connectivity index (χ0) is 23.4. The van der Waals surface area contributed by atoms with Crippen LogP contribution in [0.25, 0.3) is 6.08 Å². The third-order valence-electron chi connectivity index (χ3n) is 5.24. The van der Waals surface area contributed by atoms with Crippen LogP contribution in [0.15, 0.2) is 81.9 Å². The highest BCUT2D eigenvalue weighted by Crippen LogP contribution is 2.30. The van der Waals surface area contributed by atoms with Crippen molar-refractivity contribution in [2.45, 2.75) is 26.4 Å². The van der Waals surface area contributed by atoms with Crippen molar-refractivity contribution >= 4 is 33.9 Å². The van der Waals surface area contributed by atoms with Crippen molar-refractivity contribution in [3.63, 3.8) is 0 Å².